The number of benzene rings is 2. The van der Waals surface area contributed by atoms with Crippen molar-refractivity contribution in [3.8, 4) is 5.75 Å². The smallest absolute Gasteiger partial charge is 0.166 e. The normalized spacial score (nSPS) is 19.9. The molecule has 1 aliphatic rings. The van der Waals surface area contributed by atoms with Crippen LogP contribution >= 0.6 is 0 Å². The monoisotopic (exact) mass is 285 g/mol. The highest BCUT2D eigenvalue weighted by molar-refractivity contribution is 5.50. The first-order valence-electron chi connectivity index (χ1n) is 7.32. The van der Waals surface area contributed by atoms with E-state index in [0.717, 1.165) is 12.8 Å². The minimum atomic E-state index is -0.593. The maximum absolute atomic E-state index is 13.5. The third kappa shape index (κ3) is 2.60. The average molecular weight is 285 g/mol. The SMILES string of the molecule is CC1(C)CCC(Nc2ccc(O)c(F)c2)c2ccccc21. The lowest BCUT2D eigenvalue weighted by molar-refractivity contribution is 0.406. The summed E-state index contributed by atoms with van der Waals surface area (Å²) >= 11 is 0. The van der Waals surface area contributed by atoms with Crippen LogP contribution in [0, 0.1) is 5.82 Å². The first kappa shape index (κ1) is 13.9. The van der Waals surface area contributed by atoms with E-state index in [4.69, 9.17) is 0 Å². The van der Waals surface area contributed by atoms with Crippen LogP contribution in [0.3, 0.4) is 0 Å². The van der Waals surface area contributed by atoms with Crippen LogP contribution in [0.25, 0.3) is 0 Å². The van der Waals surface area contributed by atoms with Crippen molar-refractivity contribution in [1.29, 1.82) is 0 Å². The summed E-state index contributed by atoms with van der Waals surface area (Å²) in [6.45, 7) is 4.53. The molecule has 1 atom stereocenters. The van der Waals surface area contributed by atoms with Gasteiger partial charge < -0.3 is 10.4 Å². The summed E-state index contributed by atoms with van der Waals surface area (Å²) in [4.78, 5) is 0. The molecule has 2 N–H and O–H groups in total. The Kier molecular flexibility index (Phi) is 3.36. The largest absolute Gasteiger partial charge is 0.505 e. The fraction of sp³-hybridized carbons (Fsp3) is 0.333. The van der Waals surface area contributed by atoms with Gasteiger partial charge in [0.15, 0.2) is 11.6 Å². The van der Waals surface area contributed by atoms with Crippen molar-refractivity contribution in [3.63, 3.8) is 0 Å². The molecule has 0 amide bonds. The van der Waals surface area contributed by atoms with Crippen LogP contribution in [0.1, 0.15) is 43.9 Å². The summed E-state index contributed by atoms with van der Waals surface area (Å²) in [6.07, 6.45) is 2.09. The van der Waals surface area contributed by atoms with Crippen LogP contribution in [-0.2, 0) is 5.41 Å². The molecule has 2 nitrogen and oxygen atoms in total. The lowest BCUT2D eigenvalue weighted by Crippen LogP contribution is -2.29. The van der Waals surface area contributed by atoms with E-state index >= 15 is 0 Å². The molecule has 110 valence electrons. The van der Waals surface area contributed by atoms with Gasteiger partial charge in [-0.2, -0.15) is 0 Å². The van der Waals surface area contributed by atoms with E-state index in [1.54, 1.807) is 6.07 Å². The summed E-state index contributed by atoms with van der Waals surface area (Å²) in [5, 5.41) is 12.7. The van der Waals surface area contributed by atoms with Gasteiger partial charge in [-0.25, -0.2) is 4.39 Å². The van der Waals surface area contributed by atoms with E-state index in [2.05, 4.69) is 37.4 Å². The first-order chi connectivity index (χ1) is 9.97. The molecule has 0 fully saturated rings. The summed E-state index contributed by atoms with van der Waals surface area (Å²) in [5.74, 6) is -0.907. The topological polar surface area (TPSA) is 32.3 Å². The molecular weight excluding hydrogens is 265 g/mol. The van der Waals surface area contributed by atoms with E-state index in [9.17, 15) is 9.50 Å². The number of hydrogen-bond acceptors (Lipinski definition) is 2. The maximum atomic E-state index is 13.5. The highest BCUT2D eigenvalue weighted by atomic mass is 19.1. The summed E-state index contributed by atoms with van der Waals surface area (Å²) in [5.41, 5.74) is 3.51. The summed E-state index contributed by atoms with van der Waals surface area (Å²) in [7, 11) is 0. The summed E-state index contributed by atoms with van der Waals surface area (Å²) in [6, 6.07) is 13.1. The number of hydrogen-bond donors (Lipinski definition) is 2. The molecule has 2 aromatic rings. The van der Waals surface area contributed by atoms with Gasteiger partial charge in [-0.05, 0) is 41.5 Å². The number of phenols is 1. The number of aromatic hydroxyl groups is 1. The number of nitrogens with one attached hydrogen (secondary N) is 1. The Hall–Kier alpha value is -2.03. The number of fused-ring (bicyclic) bond motifs is 1. The molecule has 0 saturated heterocycles. The second-order valence-electron chi connectivity index (χ2n) is 6.37. The highest BCUT2D eigenvalue weighted by Gasteiger charge is 2.32. The lowest BCUT2D eigenvalue weighted by Gasteiger charge is -2.37. The minimum absolute atomic E-state index is 0.176. The van der Waals surface area contributed by atoms with E-state index < -0.39 is 5.82 Å². The van der Waals surface area contributed by atoms with Crippen LogP contribution in [0.4, 0.5) is 10.1 Å². The fourth-order valence-electron chi connectivity index (χ4n) is 3.16. The number of rotatable bonds is 2. The van der Waals surface area contributed by atoms with Crippen molar-refractivity contribution in [1.82, 2.24) is 0 Å². The molecular formula is C18H20FNO. The van der Waals surface area contributed by atoms with Gasteiger partial charge >= 0.3 is 0 Å². The van der Waals surface area contributed by atoms with Gasteiger partial charge in [0.25, 0.3) is 0 Å². The van der Waals surface area contributed by atoms with Gasteiger partial charge in [-0.15, -0.1) is 0 Å². The average Bonchev–Trinajstić information content (AvgIpc) is 2.46. The van der Waals surface area contributed by atoms with Crippen molar-refractivity contribution < 1.29 is 9.50 Å². The predicted octanol–water partition coefficient (Wildman–Crippen LogP) is 4.76. The Morgan fingerprint density at radius 2 is 1.95 bits per heavy atom. The molecule has 0 bridgehead atoms. The highest BCUT2D eigenvalue weighted by Crippen LogP contribution is 2.42. The molecule has 3 heteroatoms. The lowest BCUT2D eigenvalue weighted by atomic mass is 9.71. The van der Waals surface area contributed by atoms with Crippen molar-refractivity contribution in [2.45, 2.75) is 38.1 Å². The van der Waals surface area contributed by atoms with Crippen molar-refractivity contribution in [3.05, 3.63) is 59.4 Å². The molecule has 1 unspecified atom stereocenters. The second-order valence-corrected chi connectivity index (χ2v) is 6.37. The number of halogens is 1. The molecule has 0 radical (unpaired) electrons. The minimum Gasteiger partial charge on any atom is -0.505 e. The molecule has 0 aliphatic heterocycles. The third-order valence-corrected chi connectivity index (χ3v) is 4.41. The molecule has 0 saturated carbocycles. The van der Waals surface area contributed by atoms with Crippen LogP contribution in [0.15, 0.2) is 42.5 Å². The van der Waals surface area contributed by atoms with Gasteiger partial charge in [0, 0.05) is 11.8 Å². The maximum Gasteiger partial charge on any atom is 0.166 e. The molecule has 2 aromatic carbocycles. The van der Waals surface area contributed by atoms with Crippen molar-refractivity contribution >= 4 is 5.69 Å². The zero-order valence-electron chi connectivity index (χ0n) is 12.4. The molecule has 0 spiro atoms. The Labute approximate surface area is 124 Å². The zero-order chi connectivity index (χ0) is 15.0. The van der Waals surface area contributed by atoms with Crippen LogP contribution < -0.4 is 5.32 Å². The Bertz CT molecular complexity index is 666. The van der Waals surface area contributed by atoms with Gasteiger partial charge in [0.05, 0.1) is 6.04 Å². The van der Waals surface area contributed by atoms with Crippen LogP contribution in [0.2, 0.25) is 0 Å². The molecule has 0 aromatic heterocycles. The molecule has 0 heterocycles. The fourth-order valence-corrected chi connectivity index (χ4v) is 3.16. The van der Waals surface area contributed by atoms with Crippen molar-refractivity contribution in [2.75, 3.05) is 5.32 Å². The van der Waals surface area contributed by atoms with Crippen LogP contribution in [-0.4, -0.2) is 5.11 Å². The molecule has 1 aliphatic carbocycles. The van der Waals surface area contributed by atoms with E-state index in [1.165, 1.54) is 23.3 Å². The first-order valence-corrected chi connectivity index (χ1v) is 7.32. The van der Waals surface area contributed by atoms with E-state index in [1.807, 2.05) is 6.07 Å². The summed E-state index contributed by atoms with van der Waals surface area (Å²) < 4.78 is 13.5. The molecule has 21 heavy (non-hydrogen) atoms. The van der Waals surface area contributed by atoms with Gasteiger partial charge in [-0.3, -0.25) is 0 Å². The molecule has 3 rings (SSSR count). The number of anilines is 1. The standard InChI is InChI=1S/C18H20FNO/c1-18(2)10-9-16(13-5-3-4-6-14(13)18)20-12-7-8-17(21)15(19)11-12/h3-8,11,16,20-21H,9-10H2,1-2H3. The van der Waals surface area contributed by atoms with Crippen LogP contribution in [0.5, 0.6) is 5.75 Å². The second kappa shape index (κ2) is 5.06. The van der Waals surface area contributed by atoms with Crippen molar-refractivity contribution in [2.24, 2.45) is 0 Å². The number of phenolic OH excluding ortho intramolecular Hbond substituents is 1. The van der Waals surface area contributed by atoms with E-state index in [0.29, 0.717) is 5.69 Å². The van der Waals surface area contributed by atoms with E-state index in [-0.39, 0.29) is 17.2 Å². The third-order valence-electron chi connectivity index (χ3n) is 4.41. The zero-order valence-corrected chi connectivity index (χ0v) is 12.4. The van der Waals surface area contributed by atoms with Gasteiger partial charge in [0.2, 0.25) is 0 Å². The quantitative estimate of drug-likeness (QED) is 0.780. The Morgan fingerprint density at radius 3 is 2.71 bits per heavy atom. The van der Waals surface area contributed by atoms with Gasteiger partial charge in [-0.1, -0.05) is 38.1 Å². The predicted molar refractivity (Wildman–Crippen MR) is 83.1 cm³/mol. The van der Waals surface area contributed by atoms with Gasteiger partial charge in [0.1, 0.15) is 0 Å². The Balaban J connectivity index is 1.92. The Morgan fingerprint density at radius 1 is 1.19 bits per heavy atom.